The molecule has 0 saturated carbocycles. The van der Waals surface area contributed by atoms with Crippen molar-refractivity contribution in [3.63, 3.8) is 0 Å². The zero-order valence-electron chi connectivity index (χ0n) is 12.1. The van der Waals surface area contributed by atoms with E-state index in [-0.39, 0.29) is 12.3 Å². The molecule has 6 nitrogen and oxygen atoms in total. The van der Waals surface area contributed by atoms with E-state index in [1.807, 2.05) is 14.1 Å². The number of rotatable bonds is 7. The molecule has 0 spiro atoms. The maximum atomic E-state index is 12.0. The molecular formula is C13H23N3O3S. The van der Waals surface area contributed by atoms with Crippen LogP contribution in [-0.4, -0.2) is 51.2 Å². The lowest BCUT2D eigenvalue weighted by atomic mass is 10.1. The van der Waals surface area contributed by atoms with Crippen LogP contribution in [0.15, 0.2) is 24.3 Å². The van der Waals surface area contributed by atoms with E-state index < -0.39 is 15.6 Å². The van der Waals surface area contributed by atoms with E-state index in [4.69, 9.17) is 5.73 Å². The van der Waals surface area contributed by atoms with Crippen LogP contribution in [0.3, 0.4) is 0 Å². The molecule has 1 aromatic carbocycles. The predicted molar refractivity (Wildman–Crippen MR) is 80.7 cm³/mol. The minimum absolute atomic E-state index is 0.0414. The summed E-state index contributed by atoms with van der Waals surface area (Å²) >= 11 is 0. The van der Waals surface area contributed by atoms with Crippen molar-refractivity contribution in [2.45, 2.75) is 18.3 Å². The molecule has 4 N–H and O–H groups in total. The standard InChI is InChI=1S/C13H23N3O3S/c1-13(17,10-16(2)3)9-15-20(18,19)8-11-6-4-5-7-12(11)14/h4-7,15,17H,8-10,14H2,1-3H3. The van der Waals surface area contributed by atoms with Crippen LogP contribution < -0.4 is 10.5 Å². The number of aliphatic hydroxyl groups is 1. The maximum Gasteiger partial charge on any atom is 0.215 e. The first-order valence-corrected chi connectivity index (χ1v) is 7.94. The number of nitrogens with one attached hydrogen (secondary N) is 1. The zero-order valence-corrected chi connectivity index (χ0v) is 12.9. The molecule has 0 aromatic heterocycles. The Morgan fingerprint density at radius 1 is 1.35 bits per heavy atom. The Morgan fingerprint density at radius 2 is 1.95 bits per heavy atom. The van der Waals surface area contributed by atoms with Gasteiger partial charge in [-0.25, -0.2) is 13.1 Å². The highest BCUT2D eigenvalue weighted by Crippen LogP contribution is 2.14. The molecule has 114 valence electrons. The number of anilines is 1. The first-order valence-electron chi connectivity index (χ1n) is 6.29. The van der Waals surface area contributed by atoms with E-state index in [1.54, 1.807) is 36.1 Å². The molecule has 1 atom stereocenters. The van der Waals surface area contributed by atoms with Gasteiger partial charge in [-0.15, -0.1) is 0 Å². The van der Waals surface area contributed by atoms with Crippen molar-refractivity contribution in [3.8, 4) is 0 Å². The van der Waals surface area contributed by atoms with Crippen LogP contribution in [0.1, 0.15) is 12.5 Å². The number of nitrogen functional groups attached to an aromatic ring is 1. The summed E-state index contributed by atoms with van der Waals surface area (Å²) < 4.78 is 26.4. The third-order valence-electron chi connectivity index (χ3n) is 2.73. The van der Waals surface area contributed by atoms with E-state index in [0.29, 0.717) is 17.8 Å². The molecule has 20 heavy (non-hydrogen) atoms. The molecule has 1 rings (SSSR count). The molecule has 0 amide bonds. The number of sulfonamides is 1. The average molecular weight is 301 g/mol. The minimum Gasteiger partial charge on any atom is -0.398 e. The van der Waals surface area contributed by atoms with E-state index in [0.717, 1.165) is 0 Å². The molecule has 0 fully saturated rings. The van der Waals surface area contributed by atoms with Gasteiger partial charge in [-0.05, 0) is 32.6 Å². The zero-order chi connectivity index (χ0) is 15.4. The normalized spacial score (nSPS) is 15.2. The van der Waals surface area contributed by atoms with Crippen molar-refractivity contribution in [2.24, 2.45) is 0 Å². The van der Waals surface area contributed by atoms with Crippen molar-refractivity contribution in [1.29, 1.82) is 0 Å². The summed E-state index contributed by atoms with van der Waals surface area (Å²) in [6, 6.07) is 6.82. The van der Waals surface area contributed by atoms with Gasteiger partial charge < -0.3 is 15.7 Å². The second-order valence-corrected chi connectivity index (χ2v) is 7.32. The summed E-state index contributed by atoms with van der Waals surface area (Å²) in [5, 5.41) is 10.1. The van der Waals surface area contributed by atoms with Gasteiger partial charge >= 0.3 is 0 Å². The Bertz CT molecular complexity index is 542. The fourth-order valence-electron chi connectivity index (χ4n) is 1.92. The average Bonchev–Trinajstić information content (AvgIpc) is 2.28. The molecule has 0 aliphatic carbocycles. The molecular weight excluding hydrogens is 278 g/mol. The molecule has 0 bridgehead atoms. The van der Waals surface area contributed by atoms with Crippen LogP contribution in [0.25, 0.3) is 0 Å². The van der Waals surface area contributed by atoms with Gasteiger partial charge in [0.25, 0.3) is 0 Å². The molecule has 1 unspecified atom stereocenters. The lowest BCUT2D eigenvalue weighted by molar-refractivity contribution is 0.0386. The fraction of sp³-hybridized carbons (Fsp3) is 0.538. The van der Waals surface area contributed by atoms with Crippen LogP contribution in [0, 0.1) is 0 Å². The summed E-state index contributed by atoms with van der Waals surface area (Å²) in [7, 11) is 0.0916. The van der Waals surface area contributed by atoms with Crippen molar-refractivity contribution >= 4 is 15.7 Å². The molecule has 0 heterocycles. The van der Waals surface area contributed by atoms with Gasteiger partial charge in [0.2, 0.25) is 10.0 Å². The molecule has 0 aliphatic heterocycles. The van der Waals surface area contributed by atoms with Gasteiger partial charge in [0.15, 0.2) is 0 Å². The highest BCUT2D eigenvalue weighted by Gasteiger charge is 2.24. The Kier molecular flexibility index (Phi) is 5.52. The van der Waals surface area contributed by atoms with E-state index in [9.17, 15) is 13.5 Å². The van der Waals surface area contributed by atoms with E-state index >= 15 is 0 Å². The van der Waals surface area contributed by atoms with Crippen molar-refractivity contribution in [3.05, 3.63) is 29.8 Å². The first-order chi connectivity index (χ1) is 9.11. The number of benzene rings is 1. The second-order valence-electron chi connectivity index (χ2n) is 5.51. The van der Waals surface area contributed by atoms with E-state index in [1.165, 1.54) is 0 Å². The van der Waals surface area contributed by atoms with Gasteiger partial charge in [-0.3, -0.25) is 0 Å². The Hall–Kier alpha value is -1.15. The molecule has 0 radical (unpaired) electrons. The highest BCUT2D eigenvalue weighted by atomic mass is 32.2. The Labute approximate surface area is 120 Å². The molecule has 7 heteroatoms. The lowest BCUT2D eigenvalue weighted by Gasteiger charge is -2.27. The maximum absolute atomic E-state index is 12.0. The Morgan fingerprint density at radius 3 is 2.50 bits per heavy atom. The summed E-state index contributed by atoms with van der Waals surface area (Å²) in [5.74, 6) is -0.197. The number of nitrogens with two attached hydrogens (primary N) is 1. The van der Waals surface area contributed by atoms with Gasteiger partial charge in [-0.1, -0.05) is 18.2 Å². The largest absolute Gasteiger partial charge is 0.398 e. The fourth-order valence-corrected chi connectivity index (χ4v) is 3.23. The summed E-state index contributed by atoms with van der Waals surface area (Å²) in [6.07, 6.45) is 0. The number of hydrogen-bond donors (Lipinski definition) is 3. The summed E-state index contributed by atoms with van der Waals surface area (Å²) in [6.45, 7) is 1.91. The smallest absolute Gasteiger partial charge is 0.215 e. The summed E-state index contributed by atoms with van der Waals surface area (Å²) in [5.41, 5.74) is 5.59. The van der Waals surface area contributed by atoms with Crippen LogP contribution in [0.4, 0.5) is 5.69 Å². The van der Waals surface area contributed by atoms with Crippen molar-refractivity contribution < 1.29 is 13.5 Å². The van der Waals surface area contributed by atoms with Gasteiger partial charge in [-0.2, -0.15) is 0 Å². The van der Waals surface area contributed by atoms with Gasteiger partial charge in [0.05, 0.1) is 11.4 Å². The lowest BCUT2D eigenvalue weighted by Crippen LogP contribution is -2.47. The minimum atomic E-state index is -3.53. The number of hydrogen-bond acceptors (Lipinski definition) is 5. The van der Waals surface area contributed by atoms with Crippen LogP contribution in [-0.2, 0) is 15.8 Å². The van der Waals surface area contributed by atoms with Crippen molar-refractivity contribution in [2.75, 3.05) is 32.9 Å². The third-order valence-corrected chi connectivity index (χ3v) is 4.01. The SMILES string of the molecule is CN(C)CC(C)(O)CNS(=O)(=O)Cc1ccccc1N. The molecule has 0 aliphatic rings. The quantitative estimate of drug-likeness (QED) is 0.616. The monoisotopic (exact) mass is 301 g/mol. The summed E-state index contributed by atoms with van der Waals surface area (Å²) in [4.78, 5) is 1.80. The van der Waals surface area contributed by atoms with Crippen molar-refractivity contribution in [1.82, 2.24) is 9.62 Å². The first kappa shape index (κ1) is 16.9. The molecule has 0 saturated heterocycles. The number of para-hydroxylation sites is 1. The van der Waals surface area contributed by atoms with E-state index in [2.05, 4.69) is 4.72 Å². The number of likely N-dealkylation sites (N-methyl/N-ethyl adjacent to an activating group) is 1. The topological polar surface area (TPSA) is 95.7 Å². The predicted octanol–water partition coefficient (Wildman–Crippen LogP) is 0.000800. The van der Waals surface area contributed by atoms with Crippen LogP contribution >= 0.6 is 0 Å². The second kappa shape index (κ2) is 6.53. The van der Waals surface area contributed by atoms with Crippen LogP contribution in [0.5, 0.6) is 0 Å². The van der Waals surface area contributed by atoms with Crippen LogP contribution in [0.2, 0.25) is 0 Å². The van der Waals surface area contributed by atoms with Gasteiger partial charge in [0.1, 0.15) is 0 Å². The Balaban J connectivity index is 2.65. The van der Waals surface area contributed by atoms with Gasteiger partial charge in [0, 0.05) is 18.8 Å². The highest BCUT2D eigenvalue weighted by molar-refractivity contribution is 7.88. The third kappa shape index (κ3) is 5.87. The number of nitrogens with zero attached hydrogens (tertiary/aromatic N) is 1. The molecule has 1 aromatic rings.